The van der Waals surface area contributed by atoms with Crippen LogP contribution in [0.4, 0.5) is 0 Å². The van der Waals surface area contributed by atoms with Gasteiger partial charge >= 0.3 is 0 Å². The summed E-state index contributed by atoms with van der Waals surface area (Å²) >= 11 is 0. The molecule has 0 radical (unpaired) electrons. The van der Waals surface area contributed by atoms with Gasteiger partial charge in [-0.15, -0.1) is 0 Å². The largest absolute Gasteiger partial charge is 0.494 e. The van der Waals surface area contributed by atoms with Crippen LogP contribution in [0.15, 0.2) is 47.4 Å². The monoisotopic (exact) mass is 312 g/mol. The molecule has 5 nitrogen and oxygen atoms in total. The van der Waals surface area contributed by atoms with Crippen molar-refractivity contribution in [1.29, 1.82) is 0 Å². The summed E-state index contributed by atoms with van der Waals surface area (Å²) in [4.78, 5) is 28.7. The molecule has 0 bridgehead atoms. The van der Waals surface area contributed by atoms with Crippen LogP contribution in [0.5, 0.6) is 5.75 Å². The summed E-state index contributed by atoms with van der Waals surface area (Å²) in [5, 5.41) is 0. The van der Waals surface area contributed by atoms with Gasteiger partial charge in [-0.05, 0) is 43.3 Å². The predicted octanol–water partition coefficient (Wildman–Crippen LogP) is 2.54. The molecule has 2 rings (SSSR count). The summed E-state index contributed by atoms with van der Waals surface area (Å²) in [7, 11) is 3.73. The third-order valence-corrected chi connectivity index (χ3v) is 3.16. The molecule has 0 spiro atoms. The summed E-state index contributed by atoms with van der Waals surface area (Å²) in [6.07, 6.45) is 3.49. The number of H-pyrrole nitrogens is 1. The third-order valence-electron chi connectivity index (χ3n) is 3.16. The highest BCUT2D eigenvalue weighted by Crippen LogP contribution is 2.17. The maximum atomic E-state index is 12.7. The van der Waals surface area contributed by atoms with E-state index >= 15 is 0 Å². The molecular weight excluding hydrogens is 292 g/mol. The fraction of sp³-hybridized carbons (Fsp3) is 0.222. The van der Waals surface area contributed by atoms with Gasteiger partial charge in [0.05, 0.1) is 12.3 Å². The summed E-state index contributed by atoms with van der Waals surface area (Å²) in [6.45, 7) is 2.48. The van der Waals surface area contributed by atoms with Gasteiger partial charge in [-0.1, -0.05) is 0 Å². The average Bonchev–Trinajstić information content (AvgIpc) is 2.53. The SMILES string of the molecule is CCOc1ccc(C(=O)c2ccc(=O)[nH]c2C=CN(C)C)cc1. The van der Waals surface area contributed by atoms with Crippen molar-refractivity contribution in [2.24, 2.45) is 0 Å². The van der Waals surface area contributed by atoms with E-state index in [9.17, 15) is 9.59 Å². The predicted molar refractivity (Wildman–Crippen MR) is 90.8 cm³/mol. The molecule has 5 heteroatoms. The highest BCUT2D eigenvalue weighted by molar-refractivity contribution is 6.10. The van der Waals surface area contributed by atoms with Crippen LogP contribution < -0.4 is 10.3 Å². The zero-order valence-electron chi connectivity index (χ0n) is 13.5. The van der Waals surface area contributed by atoms with Crippen LogP contribution in [0.1, 0.15) is 28.5 Å². The van der Waals surface area contributed by atoms with Gasteiger partial charge in [0.15, 0.2) is 5.78 Å². The third kappa shape index (κ3) is 4.32. The fourth-order valence-corrected chi connectivity index (χ4v) is 2.07. The van der Waals surface area contributed by atoms with Crippen molar-refractivity contribution in [1.82, 2.24) is 9.88 Å². The molecule has 0 aliphatic carbocycles. The molecule has 1 heterocycles. The molecular formula is C18H20N2O3. The maximum Gasteiger partial charge on any atom is 0.248 e. The molecule has 0 fully saturated rings. The second kappa shape index (κ2) is 7.45. The first kappa shape index (κ1) is 16.5. The number of carbonyl (C=O) groups is 1. The van der Waals surface area contributed by atoms with Crippen LogP contribution in [0.2, 0.25) is 0 Å². The van der Waals surface area contributed by atoms with E-state index in [0.717, 1.165) is 5.75 Å². The number of pyridine rings is 1. The number of hydrogen-bond donors (Lipinski definition) is 1. The molecule has 1 aromatic heterocycles. The first-order valence-electron chi connectivity index (χ1n) is 7.36. The van der Waals surface area contributed by atoms with Crippen molar-refractivity contribution in [3.63, 3.8) is 0 Å². The zero-order valence-corrected chi connectivity index (χ0v) is 13.5. The van der Waals surface area contributed by atoms with E-state index in [1.807, 2.05) is 25.9 Å². The smallest absolute Gasteiger partial charge is 0.248 e. The second-order valence-electron chi connectivity index (χ2n) is 5.22. The van der Waals surface area contributed by atoms with Gasteiger partial charge in [0, 0.05) is 37.5 Å². The van der Waals surface area contributed by atoms with Gasteiger partial charge in [-0.25, -0.2) is 0 Å². The van der Waals surface area contributed by atoms with E-state index in [1.165, 1.54) is 6.07 Å². The van der Waals surface area contributed by atoms with Crippen molar-refractivity contribution >= 4 is 11.9 Å². The van der Waals surface area contributed by atoms with E-state index in [-0.39, 0.29) is 11.3 Å². The first-order chi connectivity index (χ1) is 11.0. The lowest BCUT2D eigenvalue weighted by molar-refractivity contribution is 0.103. The number of aromatic amines is 1. The van der Waals surface area contributed by atoms with Gasteiger partial charge < -0.3 is 14.6 Å². The zero-order chi connectivity index (χ0) is 16.8. The Kier molecular flexibility index (Phi) is 5.36. The van der Waals surface area contributed by atoms with Crippen LogP contribution in [-0.4, -0.2) is 36.4 Å². The Morgan fingerprint density at radius 2 is 1.87 bits per heavy atom. The minimum absolute atomic E-state index is 0.150. The Bertz CT molecular complexity index is 759. The van der Waals surface area contributed by atoms with Crippen LogP contribution >= 0.6 is 0 Å². The molecule has 2 aromatic rings. The second-order valence-corrected chi connectivity index (χ2v) is 5.22. The molecule has 1 N–H and O–H groups in total. The quantitative estimate of drug-likeness (QED) is 0.833. The van der Waals surface area contributed by atoms with Gasteiger partial charge in [-0.2, -0.15) is 0 Å². The topological polar surface area (TPSA) is 62.4 Å². The molecule has 0 unspecified atom stereocenters. The number of nitrogens with zero attached hydrogens (tertiary/aromatic N) is 1. The van der Waals surface area contributed by atoms with E-state index in [4.69, 9.17) is 4.74 Å². The normalized spacial score (nSPS) is 10.7. The van der Waals surface area contributed by atoms with E-state index < -0.39 is 0 Å². The average molecular weight is 312 g/mol. The lowest BCUT2D eigenvalue weighted by Gasteiger charge is -2.08. The van der Waals surface area contributed by atoms with Gasteiger partial charge in [-0.3, -0.25) is 9.59 Å². The Hall–Kier alpha value is -2.82. The van der Waals surface area contributed by atoms with Gasteiger partial charge in [0.1, 0.15) is 5.75 Å². The van der Waals surface area contributed by atoms with Crippen molar-refractivity contribution in [2.45, 2.75) is 6.92 Å². The van der Waals surface area contributed by atoms with E-state index in [2.05, 4.69) is 4.98 Å². The van der Waals surface area contributed by atoms with Crippen LogP contribution in [0.25, 0.3) is 6.08 Å². The molecule has 120 valence electrons. The Balaban J connectivity index is 2.36. The van der Waals surface area contributed by atoms with Crippen LogP contribution in [0.3, 0.4) is 0 Å². The lowest BCUT2D eigenvalue weighted by atomic mass is 10.0. The Morgan fingerprint density at radius 1 is 1.17 bits per heavy atom. The number of carbonyl (C=O) groups excluding carboxylic acids is 1. The number of nitrogens with one attached hydrogen (secondary N) is 1. The Morgan fingerprint density at radius 3 is 2.48 bits per heavy atom. The molecule has 1 aromatic carbocycles. The summed E-state index contributed by atoms with van der Waals surface area (Å²) < 4.78 is 5.38. The minimum Gasteiger partial charge on any atom is -0.494 e. The lowest BCUT2D eigenvalue weighted by Crippen LogP contribution is -2.12. The highest BCUT2D eigenvalue weighted by atomic mass is 16.5. The number of rotatable bonds is 6. The first-order valence-corrected chi connectivity index (χ1v) is 7.36. The number of benzene rings is 1. The number of ether oxygens (including phenoxy) is 1. The molecule has 0 saturated carbocycles. The van der Waals surface area contributed by atoms with Crippen LogP contribution in [-0.2, 0) is 0 Å². The van der Waals surface area contributed by atoms with Crippen molar-refractivity contribution in [2.75, 3.05) is 20.7 Å². The summed E-state index contributed by atoms with van der Waals surface area (Å²) in [6, 6.07) is 9.87. The summed E-state index contributed by atoms with van der Waals surface area (Å²) in [5.41, 5.74) is 1.24. The number of aromatic nitrogens is 1. The minimum atomic E-state index is -0.244. The Labute approximate surface area is 135 Å². The molecule has 0 atom stereocenters. The van der Waals surface area contributed by atoms with E-state index in [0.29, 0.717) is 23.4 Å². The fourth-order valence-electron chi connectivity index (χ4n) is 2.07. The molecule has 0 saturated heterocycles. The van der Waals surface area contributed by atoms with E-state index in [1.54, 1.807) is 42.6 Å². The standard InChI is InChI=1S/C18H20N2O3/c1-4-23-14-7-5-13(6-8-14)18(22)15-9-10-17(21)19-16(15)11-12-20(2)3/h5-12H,4H2,1-3H3,(H,19,21). The molecule has 0 aliphatic rings. The maximum absolute atomic E-state index is 12.7. The summed E-state index contributed by atoms with van der Waals surface area (Å²) in [5.74, 6) is 0.570. The van der Waals surface area contributed by atoms with Crippen molar-refractivity contribution in [3.05, 3.63) is 69.8 Å². The van der Waals surface area contributed by atoms with Crippen molar-refractivity contribution < 1.29 is 9.53 Å². The molecule has 0 amide bonds. The molecule has 0 aliphatic heterocycles. The number of hydrogen-bond acceptors (Lipinski definition) is 4. The van der Waals surface area contributed by atoms with Crippen LogP contribution in [0, 0.1) is 0 Å². The molecule has 23 heavy (non-hydrogen) atoms. The van der Waals surface area contributed by atoms with Gasteiger partial charge in [0.2, 0.25) is 5.56 Å². The highest BCUT2D eigenvalue weighted by Gasteiger charge is 2.13. The van der Waals surface area contributed by atoms with Crippen molar-refractivity contribution in [3.8, 4) is 5.75 Å². The number of ketones is 1. The van der Waals surface area contributed by atoms with Gasteiger partial charge in [0.25, 0.3) is 0 Å².